The van der Waals surface area contributed by atoms with Crippen LogP contribution in [0.1, 0.15) is 12.0 Å². The molecule has 118 valence electrons. The van der Waals surface area contributed by atoms with Gasteiger partial charge in [-0.15, -0.1) is 0 Å². The molecule has 7 heteroatoms. The van der Waals surface area contributed by atoms with Crippen molar-refractivity contribution in [3.63, 3.8) is 0 Å². The van der Waals surface area contributed by atoms with Crippen LogP contribution in [0.2, 0.25) is 0 Å². The van der Waals surface area contributed by atoms with Gasteiger partial charge < -0.3 is 29.3 Å². The number of aryl methyl sites for hydroxylation is 1. The van der Waals surface area contributed by atoms with E-state index >= 15 is 0 Å². The van der Waals surface area contributed by atoms with E-state index in [0.717, 1.165) is 0 Å². The molecule has 0 aliphatic carbocycles. The van der Waals surface area contributed by atoms with E-state index in [1.807, 2.05) is 0 Å². The van der Waals surface area contributed by atoms with E-state index < -0.39 is 24.4 Å². The summed E-state index contributed by atoms with van der Waals surface area (Å²) in [5.74, 6) is -0.194. The number of phenolic OH excluding ortho intramolecular Hbond substituents is 1. The number of aliphatic hydroxyl groups is 2. The Hall–Kier alpha value is -2.38. The predicted octanol–water partition coefficient (Wildman–Crippen LogP) is 0.497. The Morgan fingerprint density at radius 1 is 1.41 bits per heavy atom. The number of rotatable bonds is 6. The first-order valence-corrected chi connectivity index (χ1v) is 6.63. The molecule has 3 N–H and O–H groups in total. The zero-order valence-electron chi connectivity index (χ0n) is 11.9. The maximum absolute atomic E-state index is 12.0. The number of hydrogen-bond donors (Lipinski definition) is 3. The first-order chi connectivity index (χ1) is 10.5. The van der Waals surface area contributed by atoms with E-state index in [1.54, 1.807) is 13.0 Å². The van der Waals surface area contributed by atoms with Gasteiger partial charge in [-0.2, -0.15) is 0 Å². The summed E-state index contributed by atoms with van der Waals surface area (Å²) in [6.45, 7) is 1.05. The van der Waals surface area contributed by atoms with E-state index in [1.165, 1.54) is 12.1 Å². The molecular weight excluding hydrogens is 292 g/mol. The summed E-state index contributed by atoms with van der Waals surface area (Å²) in [4.78, 5) is 22.4. The highest BCUT2D eigenvalue weighted by molar-refractivity contribution is 5.83. The van der Waals surface area contributed by atoms with Gasteiger partial charge in [0.1, 0.15) is 23.7 Å². The summed E-state index contributed by atoms with van der Waals surface area (Å²) in [7, 11) is 0. The molecule has 0 spiro atoms. The molecule has 2 aromatic rings. The number of hydrogen-bond acceptors (Lipinski definition) is 7. The number of aromatic hydroxyl groups is 1. The van der Waals surface area contributed by atoms with Crippen molar-refractivity contribution in [1.82, 2.24) is 0 Å². The van der Waals surface area contributed by atoms with Crippen molar-refractivity contribution in [1.29, 1.82) is 0 Å². The van der Waals surface area contributed by atoms with E-state index in [2.05, 4.69) is 0 Å². The topological polar surface area (TPSA) is 117 Å². The van der Waals surface area contributed by atoms with Gasteiger partial charge in [-0.05, 0) is 19.1 Å². The average molecular weight is 308 g/mol. The number of fused-ring (bicyclic) bond motifs is 1. The van der Waals surface area contributed by atoms with Crippen molar-refractivity contribution in [2.24, 2.45) is 0 Å². The largest absolute Gasteiger partial charge is 0.508 e. The highest BCUT2D eigenvalue weighted by Crippen LogP contribution is 2.27. The number of carbonyl (C=O) groups is 1. The molecule has 0 saturated carbocycles. The van der Waals surface area contributed by atoms with E-state index in [-0.39, 0.29) is 23.5 Å². The highest BCUT2D eigenvalue weighted by Gasteiger charge is 2.23. The second kappa shape index (κ2) is 6.59. The highest BCUT2D eigenvalue weighted by atomic mass is 16.5. The van der Waals surface area contributed by atoms with Crippen LogP contribution in [-0.2, 0) is 4.79 Å². The molecule has 0 aliphatic heterocycles. The lowest BCUT2D eigenvalue weighted by molar-refractivity contribution is -0.111. The minimum atomic E-state index is -1.24. The summed E-state index contributed by atoms with van der Waals surface area (Å²) >= 11 is 0. The summed E-state index contributed by atoms with van der Waals surface area (Å²) in [5, 5.41) is 28.9. The van der Waals surface area contributed by atoms with Crippen molar-refractivity contribution in [2.45, 2.75) is 25.6 Å². The number of benzene rings is 1. The van der Waals surface area contributed by atoms with Gasteiger partial charge in [0.25, 0.3) is 0 Å². The van der Waals surface area contributed by atoms with Gasteiger partial charge in [-0.25, -0.2) is 4.79 Å². The Bertz CT molecular complexity index is 734. The van der Waals surface area contributed by atoms with Crippen LogP contribution >= 0.6 is 0 Å². The lowest BCUT2D eigenvalue weighted by Crippen LogP contribution is -2.36. The van der Waals surface area contributed by atoms with Crippen molar-refractivity contribution in [2.75, 3.05) is 6.61 Å². The molecule has 0 radical (unpaired) electrons. The number of aliphatic hydroxyl groups excluding tert-OH is 2. The fraction of sp³-hybridized carbons (Fsp3) is 0.333. The monoisotopic (exact) mass is 308 g/mol. The maximum atomic E-state index is 12.0. The molecule has 2 atom stereocenters. The van der Waals surface area contributed by atoms with E-state index in [0.29, 0.717) is 17.2 Å². The van der Waals surface area contributed by atoms with Crippen LogP contribution in [0, 0.1) is 6.92 Å². The third-order valence-electron chi connectivity index (χ3n) is 3.31. The molecule has 2 unspecified atom stereocenters. The van der Waals surface area contributed by atoms with E-state index in [4.69, 9.17) is 9.15 Å². The molecule has 0 aliphatic rings. The van der Waals surface area contributed by atoms with Crippen molar-refractivity contribution < 1.29 is 29.3 Å². The molecule has 2 rings (SSSR count). The fourth-order valence-corrected chi connectivity index (χ4v) is 2.10. The molecule has 1 heterocycles. The molecular formula is C15H16O7. The van der Waals surface area contributed by atoms with Crippen molar-refractivity contribution in [3.8, 4) is 11.5 Å². The minimum Gasteiger partial charge on any atom is -0.508 e. The summed E-state index contributed by atoms with van der Waals surface area (Å²) < 4.78 is 10.4. The van der Waals surface area contributed by atoms with Gasteiger partial charge >= 0.3 is 5.63 Å². The van der Waals surface area contributed by atoms with Crippen molar-refractivity contribution >= 4 is 17.3 Å². The Morgan fingerprint density at radius 2 is 2.14 bits per heavy atom. The number of carbonyl (C=O) groups excluding carboxylic acids is 1. The Balaban J connectivity index is 2.44. The van der Waals surface area contributed by atoms with Crippen LogP contribution < -0.4 is 10.4 Å². The molecule has 22 heavy (non-hydrogen) atoms. The smallest absolute Gasteiger partial charge is 0.379 e. The zero-order valence-corrected chi connectivity index (χ0v) is 11.9. The van der Waals surface area contributed by atoms with E-state index in [9.17, 15) is 24.9 Å². The minimum absolute atomic E-state index is 0.0432. The average Bonchev–Trinajstić information content (AvgIpc) is 2.47. The van der Waals surface area contributed by atoms with Crippen molar-refractivity contribution in [3.05, 3.63) is 34.2 Å². The predicted molar refractivity (Wildman–Crippen MR) is 77.1 cm³/mol. The second-order valence-corrected chi connectivity index (χ2v) is 4.83. The lowest BCUT2D eigenvalue weighted by atomic mass is 10.1. The fourth-order valence-electron chi connectivity index (χ4n) is 2.10. The first kappa shape index (κ1) is 16.0. The van der Waals surface area contributed by atoms with Gasteiger partial charge in [-0.1, -0.05) is 0 Å². The number of aldehydes is 1. The lowest BCUT2D eigenvalue weighted by Gasteiger charge is -2.21. The summed E-state index contributed by atoms with van der Waals surface area (Å²) in [6, 6.07) is 4.30. The quantitative estimate of drug-likeness (QED) is 0.525. The Labute approximate surface area is 125 Å². The molecule has 1 aromatic heterocycles. The van der Waals surface area contributed by atoms with Crippen LogP contribution in [0.3, 0.4) is 0 Å². The van der Waals surface area contributed by atoms with Gasteiger partial charge in [0.2, 0.25) is 5.75 Å². The molecule has 0 saturated heterocycles. The summed E-state index contributed by atoms with van der Waals surface area (Å²) in [5.41, 5.74) is -0.154. The second-order valence-electron chi connectivity index (χ2n) is 4.83. The number of ether oxygens (including phenoxy) is 1. The van der Waals surface area contributed by atoms with Crippen LogP contribution in [-0.4, -0.2) is 40.4 Å². The van der Waals surface area contributed by atoms with Gasteiger partial charge in [0.15, 0.2) is 0 Å². The molecule has 0 bridgehead atoms. The normalized spacial score (nSPS) is 13.8. The standard InChI is InChI=1S/C15H16O7/c1-8-10-3-2-9(18)6-12(10)22-15(20)14(8)21-13(7-17)11(19)4-5-16/h2-3,5-6,11,13,17-19H,4,7H2,1H3. The molecule has 7 nitrogen and oxygen atoms in total. The maximum Gasteiger partial charge on any atom is 0.379 e. The number of phenols is 1. The third-order valence-corrected chi connectivity index (χ3v) is 3.31. The zero-order chi connectivity index (χ0) is 16.3. The summed E-state index contributed by atoms with van der Waals surface area (Å²) in [6.07, 6.45) is -2.09. The third kappa shape index (κ3) is 3.10. The van der Waals surface area contributed by atoms with Crippen LogP contribution in [0.4, 0.5) is 0 Å². The molecule has 0 amide bonds. The Morgan fingerprint density at radius 3 is 2.77 bits per heavy atom. The van der Waals surface area contributed by atoms with Crippen LogP contribution in [0.5, 0.6) is 11.5 Å². The Kier molecular flexibility index (Phi) is 4.79. The SMILES string of the molecule is Cc1c(OC(CO)C(O)CC=O)c(=O)oc2cc(O)ccc12. The van der Waals surface area contributed by atoms with Crippen LogP contribution in [0.25, 0.3) is 11.0 Å². The van der Waals surface area contributed by atoms with Crippen LogP contribution in [0.15, 0.2) is 27.4 Å². The van der Waals surface area contributed by atoms with Gasteiger partial charge in [0, 0.05) is 23.4 Å². The van der Waals surface area contributed by atoms with Gasteiger partial charge in [-0.3, -0.25) is 0 Å². The molecule has 1 aromatic carbocycles. The molecule has 0 fully saturated rings. The van der Waals surface area contributed by atoms with Gasteiger partial charge in [0.05, 0.1) is 12.7 Å². The first-order valence-electron chi connectivity index (χ1n) is 6.63.